The van der Waals surface area contributed by atoms with Crippen LogP contribution in [0.4, 0.5) is 0 Å². The molecule has 0 bridgehead atoms. The second kappa shape index (κ2) is 2.51. The van der Waals surface area contributed by atoms with Crippen LogP contribution in [0.15, 0.2) is 12.4 Å². The topological polar surface area (TPSA) is 33.1 Å². The Kier molecular flexibility index (Phi) is 1.90. The highest BCUT2D eigenvalue weighted by Gasteiger charge is 1.97. The Labute approximate surface area is 67.1 Å². The molecule has 0 aromatic carbocycles. The zero-order valence-corrected chi connectivity index (χ0v) is 7.08. The van der Waals surface area contributed by atoms with Crippen molar-refractivity contribution in [2.45, 2.75) is 6.92 Å². The highest BCUT2D eigenvalue weighted by molar-refractivity contribution is 14.1. The molecule has 0 radical (unpaired) electrons. The lowest BCUT2D eigenvalue weighted by atomic mass is 10.3. The number of rotatable bonds is 0. The highest BCUT2D eigenvalue weighted by atomic mass is 127. The minimum Gasteiger partial charge on any atom is -0.506 e. The van der Waals surface area contributed by atoms with E-state index in [1.54, 1.807) is 6.20 Å². The maximum atomic E-state index is 9.03. The van der Waals surface area contributed by atoms with Crippen LogP contribution in [-0.2, 0) is 0 Å². The minimum atomic E-state index is 0.266. The summed E-state index contributed by atoms with van der Waals surface area (Å²) >= 11 is 2.13. The first-order valence-electron chi connectivity index (χ1n) is 2.51. The van der Waals surface area contributed by atoms with E-state index in [0.717, 1.165) is 9.13 Å². The molecule has 0 unspecified atom stereocenters. The van der Waals surface area contributed by atoms with E-state index >= 15 is 0 Å². The quantitative estimate of drug-likeness (QED) is 0.694. The van der Waals surface area contributed by atoms with Crippen molar-refractivity contribution < 1.29 is 5.11 Å². The normalized spacial score (nSPS) is 9.56. The van der Waals surface area contributed by atoms with Gasteiger partial charge < -0.3 is 5.11 Å². The van der Waals surface area contributed by atoms with Gasteiger partial charge in [0.1, 0.15) is 5.75 Å². The fourth-order valence-electron chi connectivity index (χ4n) is 0.489. The largest absolute Gasteiger partial charge is 0.506 e. The van der Waals surface area contributed by atoms with Crippen LogP contribution in [0.3, 0.4) is 0 Å². The summed E-state index contributed by atoms with van der Waals surface area (Å²) in [5, 5.41) is 9.03. The molecule has 0 saturated heterocycles. The summed E-state index contributed by atoms with van der Waals surface area (Å²) < 4.78 is 0.993. The number of nitrogens with zero attached hydrogens (tertiary/aromatic N) is 1. The van der Waals surface area contributed by atoms with Crippen molar-refractivity contribution in [2.75, 3.05) is 0 Å². The lowest BCUT2D eigenvalue weighted by molar-refractivity contribution is 0.468. The second-order valence-corrected chi connectivity index (χ2v) is 2.93. The van der Waals surface area contributed by atoms with Gasteiger partial charge in [-0.05, 0) is 29.5 Å². The molecular weight excluding hydrogens is 229 g/mol. The summed E-state index contributed by atoms with van der Waals surface area (Å²) in [6.07, 6.45) is 3.16. The number of aromatic nitrogens is 1. The van der Waals surface area contributed by atoms with E-state index in [4.69, 9.17) is 5.11 Å². The molecule has 0 aliphatic carbocycles. The first-order chi connectivity index (χ1) is 4.22. The Morgan fingerprint density at radius 1 is 1.56 bits per heavy atom. The van der Waals surface area contributed by atoms with Crippen LogP contribution in [0.1, 0.15) is 5.56 Å². The number of halogens is 1. The van der Waals surface area contributed by atoms with E-state index in [1.165, 1.54) is 6.20 Å². The van der Waals surface area contributed by atoms with Crippen molar-refractivity contribution >= 4 is 22.6 Å². The zero-order valence-electron chi connectivity index (χ0n) is 4.93. The Balaban J connectivity index is 3.25. The molecule has 1 heterocycles. The van der Waals surface area contributed by atoms with Gasteiger partial charge in [-0.1, -0.05) is 0 Å². The third kappa shape index (κ3) is 1.32. The SMILES string of the molecule is Cc1c(O)cncc1I. The second-order valence-electron chi connectivity index (χ2n) is 1.77. The van der Waals surface area contributed by atoms with Crippen LogP contribution in [0.5, 0.6) is 5.75 Å². The van der Waals surface area contributed by atoms with Gasteiger partial charge >= 0.3 is 0 Å². The molecule has 2 nitrogen and oxygen atoms in total. The van der Waals surface area contributed by atoms with Gasteiger partial charge in [-0.3, -0.25) is 4.98 Å². The molecule has 48 valence electrons. The van der Waals surface area contributed by atoms with Crippen LogP contribution < -0.4 is 0 Å². The third-order valence-electron chi connectivity index (χ3n) is 1.13. The van der Waals surface area contributed by atoms with Gasteiger partial charge in [-0.15, -0.1) is 0 Å². The van der Waals surface area contributed by atoms with Crippen molar-refractivity contribution in [2.24, 2.45) is 0 Å². The number of hydrogen-bond acceptors (Lipinski definition) is 2. The Morgan fingerprint density at radius 2 is 2.22 bits per heavy atom. The summed E-state index contributed by atoms with van der Waals surface area (Å²) in [5.74, 6) is 0.266. The predicted molar refractivity (Wildman–Crippen MR) is 43.4 cm³/mol. The van der Waals surface area contributed by atoms with Crippen molar-refractivity contribution in [3.05, 3.63) is 21.5 Å². The molecule has 1 aromatic rings. The van der Waals surface area contributed by atoms with Crippen molar-refractivity contribution in [1.82, 2.24) is 4.98 Å². The Hall–Kier alpha value is -0.320. The maximum absolute atomic E-state index is 9.03. The van der Waals surface area contributed by atoms with Gasteiger partial charge in [0.25, 0.3) is 0 Å². The van der Waals surface area contributed by atoms with Crippen LogP contribution in [-0.4, -0.2) is 10.1 Å². The van der Waals surface area contributed by atoms with E-state index < -0.39 is 0 Å². The summed E-state index contributed by atoms with van der Waals surface area (Å²) in [7, 11) is 0. The van der Waals surface area contributed by atoms with E-state index in [2.05, 4.69) is 27.6 Å². The fraction of sp³-hybridized carbons (Fsp3) is 0.167. The summed E-state index contributed by atoms with van der Waals surface area (Å²) in [5.41, 5.74) is 0.894. The van der Waals surface area contributed by atoms with Crippen molar-refractivity contribution in [1.29, 1.82) is 0 Å². The molecule has 0 atom stereocenters. The lowest BCUT2D eigenvalue weighted by Gasteiger charge is -1.97. The monoisotopic (exact) mass is 235 g/mol. The average Bonchev–Trinajstić information content (AvgIpc) is 1.83. The van der Waals surface area contributed by atoms with Crippen LogP contribution in [0.25, 0.3) is 0 Å². The smallest absolute Gasteiger partial charge is 0.137 e. The number of aromatic hydroxyl groups is 1. The minimum absolute atomic E-state index is 0.266. The van der Waals surface area contributed by atoms with Gasteiger partial charge in [0.15, 0.2) is 0 Å². The van der Waals surface area contributed by atoms with Gasteiger partial charge in [-0.25, -0.2) is 0 Å². The number of pyridine rings is 1. The molecule has 0 spiro atoms. The van der Waals surface area contributed by atoms with Gasteiger partial charge in [0.2, 0.25) is 0 Å². The molecule has 0 amide bonds. The average molecular weight is 235 g/mol. The molecule has 9 heavy (non-hydrogen) atoms. The Bertz CT molecular complexity index is 204. The molecule has 0 saturated carbocycles. The summed E-state index contributed by atoms with van der Waals surface area (Å²) in [6.45, 7) is 1.86. The fourth-order valence-corrected chi connectivity index (χ4v) is 0.926. The van der Waals surface area contributed by atoms with Crippen LogP contribution >= 0.6 is 22.6 Å². The van der Waals surface area contributed by atoms with Gasteiger partial charge in [-0.2, -0.15) is 0 Å². The van der Waals surface area contributed by atoms with Crippen LogP contribution in [0, 0.1) is 10.5 Å². The van der Waals surface area contributed by atoms with Crippen molar-refractivity contribution in [3.8, 4) is 5.75 Å². The summed E-state index contributed by atoms with van der Waals surface area (Å²) in [6, 6.07) is 0. The highest BCUT2D eigenvalue weighted by Crippen LogP contribution is 2.18. The van der Waals surface area contributed by atoms with Gasteiger partial charge in [0.05, 0.1) is 6.20 Å². The molecule has 1 rings (SSSR count). The summed E-state index contributed by atoms with van der Waals surface area (Å²) in [4.78, 5) is 3.79. The predicted octanol–water partition coefficient (Wildman–Crippen LogP) is 1.70. The molecule has 1 N–H and O–H groups in total. The maximum Gasteiger partial charge on any atom is 0.137 e. The van der Waals surface area contributed by atoms with E-state index in [1.807, 2.05) is 6.92 Å². The Morgan fingerprint density at radius 3 is 2.67 bits per heavy atom. The standard InChI is InChI=1S/C6H6INO/c1-4-5(7)2-8-3-6(4)9/h2-3,9H,1H3. The van der Waals surface area contributed by atoms with E-state index in [-0.39, 0.29) is 5.75 Å². The number of hydrogen-bond donors (Lipinski definition) is 1. The first-order valence-corrected chi connectivity index (χ1v) is 3.59. The molecular formula is C6H6INO. The molecule has 0 aliphatic heterocycles. The lowest BCUT2D eigenvalue weighted by Crippen LogP contribution is -1.81. The third-order valence-corrected chi connectivity index (χ3v) is 2.21. The van der Waals surface area contributed by atoms with Crippen LogP contribution in [0.2, 0.25) is 0 Å². The van der Waals surface area contributed by atoms with Crippen molar-refractivity contribution in [3.63, 3.8) is 0 Å². The molecule has 3 heteroatoms. The van der Waals surface area contributed by atoms with E-state index in [9.17, 15) is 0 Å². The van der Waals surface area contributed by atoms with Gasteiger partial charge in [0, 0.05) is 15.3 Å². The van der Waals surface area contributed by atoms with E-state index in [0.29, 0.717) is 0 Å². The zero-order chi connectivity index (χ0) is 6.85. The molecule has 0 aliphatic rings. The molecule has 1 aromatic heterocycles. The molecule has 0 fully saturated rings. The first kappa shape index (κ1) is 6.80.